The number of pyridine rings is 2. The minimum absolute atomic E-state index is 0.0359. The normalized spacial score (nSPS) is 10.9. The van der Waals surface area contributed by atoms with Crippen LogP contribution in [0.1, 0.15) is 10.5 Å². The van der Waals surface area contributed by atoms with Gasteiger partial charge in [0.1, 0.15) is 11.2 Å². The maximum Gasteiger partial charge on any atom is 0.354 e. The van der Waals surface area contributed by atoms with Crippen LogP contribution in [0.3, 0.4) is 0 Å². The van der Waals surface area contributed by atoms with E-state index in [0.717, 1.165) is 16.3 Å². The van der Waals surface area contributed by atoms with E-state index in [0.29, 0.717) is 5.52 Å². The summed E-state index contributed by atoms with van der Waals surface area (Å²) in [7, 11) is 0. The lowest BCUT2D eigenvalue weighted by Crippen LogP contribution is -2.02. The van der Waals surface area contributed by atoms with Gasteiger partial charge in [-0.25, -0.2) is 14.8 Å². The van der Waals surface area contributed by atoms with Crippen LogP contribution in [0.5, 0.6) is 0 Å². The van der Waals surface area contributed by atoms with Crippen LogP contribution in [0.15, 0.2) is 36.4 Å². The average molecular weight is 239 g/mol. The van der Waals surface area contributed by atoms with Gasteiger partial charge in [-0.05, 0) is 18.2 Å². The van der Waals surface area contributed by atoms with Gasteiger partial charge in [-0.15, -0.1) is 0 Å². The molecular weight excluding hydrogens is 230 g/mol. The number of hydrogen-bond donors (Lipinski definition) is 2. The number of nitrogens with two attached hydrogens (primary N) is 1. The lowest BCUT2D eigenvalue weighted by atomic mass is 10.1. The molecule has 5 heteroatoms. The second-order valence-electron chi connectivity index (χ2n) is 3.91. The van der Waals surface area contributed by atoms with Gasteiger partial charge < -0.3 is 10.8 Å². The Hall–Kier alpha value is -2.69. The summed E-state index contributed by atoms with van der Waals surface area (Å²) < 4.78 is 0. The molecule has 0 bridgehead atoms. The van der Waals surface area contributed by atoms with Crippen molar-refractivity contribution in [1.82, 2.24) is 9.97 Å². The van der Waals surface area contributed by atoms with Gasteiger partial charge in [-0.3, -0.25) is 0 Å². The van der Waals surface area contributed by atoms with Crippen LogP contribution in [-0.4, -0.2) is 21.0 Å². The first-order valence-electron chi connectivity index (χ1n) is 5.35. The molecule has 2 aromatic heterocycles. The molecule has 0 amide bonds. The van der Waals surface area contributed by atoms with Crippen LogP contribution in [0.2, 0.25) is 0 Å². The fourth-order valence-electron chi connectivity index (χ4n) is 1.97. The number of hydrogen-bond acceptors (Lipinski definition) is 4. The molecular formula is C13H9N3O2. The first kappa shape index (κ1) is 10.5. The molecule has 3 aromatic rings. The standard InChI is InChI=1S/C13H9N3O2/c14-12-11-8(5-6-10(15-11)13(17)18)7-3-1-2-4-9(7)16-12/h1-6H,(H2,14,16)(H,17,18). The summed E-state index contributed by atoms with van der Waals surface area (Å²) in [4.78, 5) is 19.2. The molecule has 0 atom stereocenters. The van der Waals surface area contributed by atoms with Gasteiger partial charge in [0.2, 0.25) is 0 Å². The Morgan fingerprint density at radius 2 is 1.83 bits per heavy atom. The third-order valence-corrected chi connectivity index (χ3v) is 2.79. The van der Waals surface area contributed by atoms with E-state index in [-0.39, 0.29) is 11.5 Å². The summed E-state index contributed by atoms with van der Waals surface area (Å²) in [5.74, 6) is -0.837. The van der Waals surface area contributed by atoms with E-state index in [2.05, 4.69) is 9.97 Å². The maximum absolute atomic E-state index is 10.9. The molecule has 0 saturated carbocycles. The molecule has 3 rings (SSSR count). The molecule has 0 radical (unpaired) electrons. The zero-order valence-corrected chi connectivity index (χ0v) is 9.29. The number of anilines is 1. The number of carbonyl (C=O) groups is 1. The molecule has 88 valence electrons. The van der Waals surface area contributed by atoms with Gasteiger partial charge in [-0.1, -0.05) is 18.2 Å². The Labute approximate surface area is 102 Å². The van der Waals surface area contributed by atoms with E-state index in [1.807, 2.05) is 24.3 Å². The van der Waals surface area contributed by atoms with Crippen LogP contribution >= 0.6 is 0 Å². The van der Waals surface area contributed by atoms with Crippen molar-refractivity contribution >= 4 is 33.6 Å². The highest BCUT2D eigenvalue weighted by Crippen LogP contribution is 2.26. The Balaban J connectivity index is 2.47. The lowest BCUT2D eigenvalue weighted by Gasteiger charge is -2.06. The van der Waals surface area contributed by atoms with Gasteiger partial charge in [0.05, 0.1) is 5.52 Å². The number of aromatic nitrogens is 2. The molecule has 0 saturated heterocycles. The molecule has 2 heterocycles. The van der Waals surface area contributed by atoms with Crippen LogP contribution in [0.25, 0.3) is 21.8 Å². The fourth-order valence-corrected chi connectivity index (χ4v) is 1.97. The SMILES string of the molecule is Nc1nc2ccccc2c2ccc(C(=O)O)nc12. The van der Waals surface area contributed by atoms with Crippen molar-refractivity contribution in [3.8, 4) is 0 Å². The number of rotatable bonds is 1. The van der Waals surface area contributed by atoms with E-state index in [4.69, 9.17) is 10.8 Å². The highest BCUT2D eigenvalue weighted by Gasteiger charge is 2.10. The van der Waals surface area contributed by atoms with Gasteiger partial charge >= 0.3 is 5.97 Å². The molecule has 18 heavy (non-hydrogen) atoms. The Morgan fingerprint density at radius 1 is 1.06 bits per heavy atom. The fraction of sp³-hybridized carbons (Fsp3) is 0. The van der Waals surface area contributed by atoms with Crippen molar-refractivity contribution in [3.05, 3.63) is 42.1 Å². The second kappa shape index (κ2) is 3.66. The number of benzene rings is 1. The van der Waals surface area contributed by atoms with Gasteiger partial charge in [0, 0.05) is 10.8 Å². The van der Waals surface area contributed by atoms with Crippen molar-refractivity contribution in [2.45, 2.75) is 0 Å². The second-order valence-corrected chi connectivity index (χ2v) is 3.91. The van der Waals surface area contributed by atoms with E-state index < -0.39 is 5.97 Å². The van der Waals surface area contributed by atoms with Crippen LogP contribution in [0.4, 0.5) is 5.82 Å². The summed E-state index contributed by atoms with van der Waals surface area (Å²) in [5, 5.41) is 10.6. The molecule has 0 fully saturated rings. The number of para-hydroxylation sites is 1. The average Bonchev–Trinajstić information content (AvgIpc) is 2.38. The van der Waals surface area contributed by atoms with E-state index in [9.17, 15) is 4.79 Å². The van der Waals surface area contributed by atoms with Crippen LogP contribution in [-0.2, 0) is 0 Å². The number of carboxylic acids is 1. The largest absolute Gasteiger partial charge is 0.477 e. The smallest absolute Gasteiger partial charge is 0.354 e. The third kappa shape index (κ3) is 1.45. The number of carboxylic acid groups (broad SMARTS) is 1. The summed E-state index contributed by atoms with van der Waals surface area (Å²) in [6.07, 6.45) is 0. The predicted octanol–water partition coefficient (Wildman–Crippen LogP) is 2.06. The monoisotopic (exact) mass is 239 g/mol. The van der Waals surface area contributed by atoms with Crippen molar-refractivity contribution in [2.24, 2.45) is 0 Å². The Bertz CT molecular complexity index is 784. The van der Waals surface area contributed by atoms with Gasteiger partial charge in [-0.2, -0.15) is 0 Å². The number of fused-ring (bicyclic) bond motifs is 3. The zero-order chi connectivity index (χ0) is 12.7. The molecule has 0 aliphatic carbocycles. The molecule has 3 N–H and O–H groups in total. The molecule has 0 spiro atoms. The minimum Gasteiger partial charge on any atom is -0.477 e. The van der Waals surface area contributed by atoms with Crippen molar-refractivity contribution in [2.75, 3.05) is 5.73 Å². The van der Waals surface area contributed by atoms with E-state index >= 15 is 0 Å². The lowest BCUT2D eigenvalue weighted by molar-refractivity contribution is 0.0691. The quantitative estimate of drug-likeness (QED) is 0.634. The minimum atomic E-state index is -1.08. The molecule has 1 aromatic carbocycles. The summed E-state index contributed by atoms with van der Waals surface area (Å²) in [5.41, 5.74) is 6.98. The van der Waals surface area contributed by atoms with E-state index in [1.54, 1.807) is 6.07 Å². The predicted molar refractivity (Wildman–Crippen MR) is 68.4 cm³/mol. The number of nitrogen functional groups attached to an aromatic ring is 1. The zero-order valence-electron chi connectivity index (χ0n) is 9.29. The van der Waals surface area contributed by atoms with Gasteiger partial charge in [0.15, 0.2) is 5.82 Å². The summed E-state index contributed by atoms with van der Waals surface area (Å²) in [6.45, 7) is 0. The third-order valence-electron chi connectivity index (χ3n) is 2.79. The molecule has 0 aliphatic rings. The first-order chi connectivity index (χ1) is 8.66. The van der Waals surface area contributed by atoms with Gasteiger partial charge in [0.25, 0.3) is 0 Å². The van der Waals surface area contributed by atoms with Crippen molar-refractivity contribution in [1.29, 1.82) is 0 Å². The number of aromatic carboxylic acids is 1. The summed E-state index contributed by atoms with van der Waals surface area (Å²) >= 11 is 0. The van der Waals surface area contributed by atoms with Crippen LogP contribution in [0, 0.1) is 0 Å². The van der Waals surface area contributed by atoms with Crippen LogP contribution < -0.4 is 5.73 Å². The Morgan fingerprint density at radius 3 is 2.61 bits per heavy atom. The number of nitrogens with zero attached hydrogens (tertiary/aromatic N) is 2. The van der Waals surface area contributed by atoms with Crippen molar-refractivity contribution < 1.29 is 9.90 Å². The van der Waals surface area contributed by atoms with Crippen molar-refractivity contribution in [3.63, 3.8) is 0 Å². The highest BCUT2D eigenvalue weighted by atomic mass is 16.4. The maximum atomic E-state index is 10.9. The molecule has 0 unspecified atom stereocenters. The molecule has 5 nitrogen and oxygen atoms in total. The highest BCUT2D eigenvalue weighted by molar-refractivity contribution is 6.08. The Kier molecular flexibility index (Phi) is 2.13. The summed E-state index contributed by atoms with van der Waals surface area (Å²) in [6, 6.07) is 10.7. The first-order valence-corrected chi connectivity index (χ1v) is 5.35. The molecule has 0 aliphatic heterocycles. The van der Waals surface area contributed by atoms with E-state index in [1.165, 1.54) is 6.07 Å². The topological polar surface area (TPSA) is 89.1 Å².